The van der Waals surface area contributed by atoms with Crippen LogP contribution in [0.15, 0.2) is 122 Å². The van der Waals surface area contributed by atoms with Crippen molar-refractivity contribution in [1.29, 1.82) is 0 Å². The minimum Gasteiger partial charge on any atom is -1.00 e. The van der Waals surface area contributed by atoms with Crippen LogP contribution in [0.1, 0.15) is 103 Å². The van der Waals surface area contributed by atoms with Crippen LogP contribution in [0.5, 0.6) is 0 Å². The van der Waals surface area contributed by atoms with E-state index in [-0.39, 0.29) is 35.6 Å². The van der Waals surface area contributed by atoms with Gasteiger partial charge in [-0.1, -0.05) is 88.6 Å². The van der Waals surface area contributed by atoms with Crippen molar-refractivity contribution in [3.05, 3.63) is 161 Å². The molecule has 0 fully saturated rings. The molecule has 0 saturated carbocycles. The molecule has 0 heterocycles. The second-order valence-corrected chi connectivity index (χ2v) is 17.5. The molecule has 0 aliphatic heterocycles. The first-order valence-corrected chi connectivity index (χ1v) is 18.6. The van der Waals surface area contributed by atoms with Gasteiger partial charge in [0, 0.05) is 0 Å². The Morgan fingerprint density at radius 2 is 1.02 bits per heavy atom. The van der Waals surface area contributed by atoms with Crippen molar-refractivity contribution in [2.75, 3.05) is 0 Å². The molecule has 1 atom stereocenters. The second-order valence-electron chi connectivity index (χ2n) is 16.2. The summed E-state index contributed by atoms with van der Waals surface area (Å²) in [5, 5.41) is 5.15. The van der Waals surface area contributed by atoms with Gasteiger partial charge in [-0.3, -0.25) is 6.08 Å². The van der Waals surface area contributed by atoms with Crippen LogP contribution in [0, 0.1) is 17.4 Å². The van der Waals surface area contributed by atoms with Gasteiger partial charge in [-0.15, -0.1) is 39.7 Å². The fourth-order valence-electron chi connectivity index (χ4n) is 5.78. The first-order chi connectivity index (χ1) is 22.9. The summed E-state index contributed by atoms with van der Waals surface area (Å²) in [6.45, 7) is 30.1. The molecule has 51 heavy (non-hydrogen) atoms. The second kappa shape index (κ2) is 18.2. The standard InChI is InChI=1S/C21H26.C17H13.C10H15.2ClH.Zr/c1-20(2,3)18-11-7-16(8-12-18)15-17-9-13-19(14-10-17)21(4,5)6;1-3-12-5-7-14-11-15-8-6-13(4-2)10-17(15)16(14)9-12;1-8-5-6-9(7-8)10(2,3)4;;;/h7-14H,1-6H3;3-11H,1-2H2;6-8H,1-4H3;2*1H;/q;2*-1;;;+2/p-2. The maximum absolute atomic E-state index is 3.82. The van der Waals surface area contributed by atoms with Gasteiger partial charge >= 0.3 is 151 Å². The molecule has 1 aliphatic rings. The number of rotatable bonds is 4. The van der Waals surface area contributed by atoms with Crippen LogP contribution in [-0.2, 0) is 35.1 Å². The van der Waals surface area contributed by atoms with Gasteiger partial charge in [0.05, 0.1) is 0 Å². The van der Waals surface area contributed by atoms with E-state index in [9.17, 15) is 0 Å². The van der Waals surface area contributed by atoms with E-state index in [2.05, 4.69) is 192 Å². The molecule has 0 spiro atoms. The number of benzene rings is 4. The summed E-state index contributed by atoms with van der Waals surface area (Å²) in [5.74, 6) is 0.522. The van der Waals surface area contributed by atoms with Gasteiger partial charge in [0.1, 0.15) is 0 Å². The third-order valence-corrected chi connectivity index (χ3v) is 10.5. The summed E-state index contributed by atoms with van der Waals surface area (Å²) in [6, 6.07) is 33.2. The SMILES string of the molecule is C=Cc1ccc2[cH-]c3ccc(C=C)cc3c2c1.CC(C)(C)c1ccc([C](=[Zr+2])c2ccc(C(C)(C)C)cc2)cc1.CC1[C-]=CC(C(C)(C)C)=C1.[Cl-].[Cl-]. The van der Waals surface area contributed by atoms with Gasteiger partial charge in [0.2, 0.25) is 0 Å². The summed E-state index contributed by atoms with van der Waals surface area (Å²) in [4.78, 5) is 0. The molecule has 0 aromatic heterocycles. The zero-order valence-electron chi connectivity index (χ0n) is 32.2. The Bertz CT molecular complexity index is 1870. The average molecular weight is 793 g/mol. The topological polar surface area (TPSA) is 0 Å². The van der Waals surface area contributed by atoms with E-state index in [1.807, 2.05) is 12.2 Å². The number of fused-ring (bicyclic) bond motifs is 3. The Hall–Kier alpha value is -2.96. The monoisotopic (exact) mass is 790 g/mol. The summed E-state index contributed by atoms with van der Waals surface area (Å²) in [6.07, 6.45) is 11.4. The van der Waals surface area contributed by atoms with Crippen LogP contribution >= 0.6 is 0 Å². The molecule has 6 rings (SSSR count). The normalized spacial score (nSPS) is 13.9. The zero-order valence-corrected chi connectivity index (χ0v) is 36.2. The Kier molecular flexibility index (Phi) is 15.8. The minimum absolute atomic E-state index is 0. The molecule has 0 N–H and O–H groups in total. The van der Waals surface area contributed by atoms with Crippen molar-refractivity contribution in [2.24, 2.45) is 11.3 Å². The summed E-state index contributed by atoms with van der Waals surface area (Å²) < 4.78 is 1.42. The first kappa shape index (κ1) is 44.2. The van der Waals surface area contributed by atoms with E-state index in [4.69, 9.17) is 0 Å². The minimum atomic E-state index is 0. The third kappa shape index (κ3) is 11.8. The molecule has 5 aromatic carbocycles. The third-order valence-electron chi connectivity index (χ3n) is 9.10. The summed E-state index contributed by atoms with van der Waals surface area (Å²) in [5.41, 5.74) is 9.94. The van der Waals surface area contributed by atoms with Crippen LogP contribution in [0.2, 0.25) is 0 Å². The molecule has 0 saturated heterocycles. The van der Waals surface area contributed by atoms with Crippen LogP contribution in [0.4, 0.5) is 0 Å². The molecule has 0 nitrogen and oxygen atoms in total. The van der Waals surface area contributed by atoms with E-state index in [1.54, 1.807) is 0 Å². The molecule has 0 radical (unpaired) electrons. The van der Waals surface area contributed by atoms with Crippen LogP contribution < -0.4 is 24.8 Å². The van der Waals surface area contributed by atoms with Gasteiger partial charge in [0.25, 0.3) is 0 Å². The average Bonchev–Trinajstić information content (AvgIpc) is 3.67. The Morgan fingerprint density at radius 1 is 0.627 bits per heavy atom. The maximum Gasteiger partial charge on any atom is -0.0716 e. The smallest absolute Gasteiger partial charge is 0.0716 e. The predicted molar refractivity (Wildman–Crippen MR) is 215 cm³/mol. The van der Waals surface area contributed by atoms with Gasteiger partial charge in [0.15, 0.2) is 0 Å². The van der Waals surface area contributed by atoms with Crippen molar-refractivity contribution >= 4 is 36.9 Å². The van der Waals surface area contributed by atoms with Gasteiger partial charge < -0.3 is 24.8 Å². The molecule has 1 unspecified atom stereocenters. The van der Waals surface area contributed by atoms with Crippen molar-refractivity contribution in [2.45, 2.75) is 80.1 Å². The van der Waals surface area contributed by atoms with E-state index in [0.29, 0.717) is 11.3 Å². The summed E-state index contributed by atoms with van der Waals surface area (Å²) in [7, 11) is 0. The van der Waals surface area contributed by atoms with E-state index < -0.39 is 0 Å². The Morgan fingerprint density at radius 3 is 1.29 bits per heavy atom. The molecule has 0 bridgehead atoms. The molecule has 1 aliphatic carbocycles. The van der Waals surface area contributed by atoms with Crippen molar-refractivity contribution in [3.8, 4) is 0 Å². The molecule has 0 amide bonds. The van der Waals surface area contributed by atoms with Crippen LogP contribution in [0.3, 0.4) is 0 Å². The number of hydrogen-bond donors (Lipinski definition) is 0. The van der Waals surface area contributed by atoms with Crippen LogP contribution in [0.25, 0.3) is 33.7 Å². The zero-order chi connectivity index (χ0) is 36.1. The molecular formula is C48H54Cl2Zr-2. The predicted octanol–water partition coefficient (Wildman–Crippen LogP) is 7.37. The summed E-state index contributed by atoms with van der Waals surface area (Å²) >= 11 is 1.46. The van der Waals surface area contributed by atoms with Crippen molar-refractivity contribution in [3.63, 3.8) is 0 Å². The largest absolute Gasteiger partial charge is 1.00 e. The van der Waals surface area contributed by atoms with Crippen LogP contribution in [-0.4, -0.2) is 3.21 Å². The van der Waals surface area contributed by atoms with Gasteiger partial charge in [-0.25, -0.2) is 6.08 Å². The number of allylic oxidation sites excluding steroid dienone is 4. The fraction of sp³-hybridized carbons (Fsp3) is 0.292. The Labute approximate surface area is 336 Å². The molecular weight excluding hydrogens is 739 g/mol. The number of halogens is 2. The quantitative estimate of drug-likeness (QED) is 0.167. The van der Waals surface area contributed by atoms with E-state index in [1.165, 1.54) is 76.8 Å². The molecule has 3 heteroatoms. The number of hydrogen-bond acceptors (Lipinski definition) is 0. The van der Waals surface area contributed by atoms with E-state index in [0.717, 1.165) is 11.1 Å². The van der Waals surface area contributed by atoms with Crippen molar-refractivity contribution in [1.82, 2.24) is 0 Å². The van der Waals surface area contributed by atoms with Crippen molar-refractivity contribution < 1.29 is 49.0 Å². The fourth-order valence-corrected chi connectivity index (χ4v) is 6.60. The maximum atomic E-state index is 3.82. The van der Waals surface area contributed by atoms with Gasteiger partial charge in [-0.2, -0.15) is 11.6 Å². The molecule has 266 valence electrons. The molecule has 5 aromatic rings. The van der Waals surface area contributed by atoms with E-state index >= 15 is 0 Å². The Balaban J connectivity index is 0.000000277. The van der Waals surface area contributed by atoms with Gasteiger partial charge in [-0.05, 0) is 11.1 Å². The first-order valence-electron chi connectivity index (χ1n) is 17.4.